The van der Waals surface area contributed by atoms with Crippen LogP contribution in [-0.2, 0) is 10.2 Å². The van der Waals surface area contributed by atoms with Crippen molar-refractivity contribution < 1.29 is 4.74 Å². The van der Waals surface area contributed by atoms with Gasteiger partial charge in [-0.15, -0.1) is 0 Å². The Bertz CT molecular complexity index is 461. The van der Waals surface area contributed by atoms with Gasteiger partial charge in [-0.25, -0.2) is 0 Å². The molecule has 2 aliphatic rings. The summed E-state index contributed by atoms with van der Waals surface area (Å²) in [4.78, 5) is 2.39. The van der Waals surface area contributed by atoms with E-state index >= 15 is 0 Å². The van der Waals surface area contributed by atoms with Gasteiger partial charge in [-0.1, -0.05) is 32.9 Å². The van der Waals surface area contributed by atoms with Crippen molar-refractivity contribution in [2.75, 3.05) is 25.1 Å². The minimum Gasteiger partial charge on any atom is -0.374 e. The lowest BCUT2D eigenvalue weighted by molar-refractivity contribution is 0.0889. The number of ether oxygens (including phenoxy) is 1. The molecule has 1 aromatic carbocycles. The van der Waals surface area contributed by atoms with Crippen molar-refractivity contribution in [3.8, 4) is 0 Å². The number of fused-ring (bicyclic) bond motifs is 3. The van der Waals surface area contributed by atoms with Crippen LogP contribution in [0.25, 0.3) is 0 Å². The summed E-state index contributed by atoms with van der Waals surface area (Å²) in [6, 6.07) is 6.91. The lowest BCUT2D eigenvalue weighted by Gasteiger charge is -2.36. The molecule has 0 radical (unpaired) electrons. The molecule has 0 aromatic heterocycles. The maximum atomic E-state index is 5.97. The second-order valence-electron chi connectivity index (χ2n) is 6.74. The Labute approximate surface area is 110 Å². The molecule has 0 amide bonds. The van der Waals surface area contributed by atoms with Crippen molar-refractivity contribution in [1.82, 2.24) is 0 Å². The van der Waals surface area contributed by atoms with Gasteiger partial charge in [0.2, 0.25) is 0 Å². The smallest absolute Gasteiger partial charge is 0.0890 e. The third-order valence-electron chi connectivity index (χ3n) is 4.33. The molecule has 18 heavy (non-hydrogen) atoms. The van der Waals surface area contributed by atoms with Crippen LogP contribution in [0, 0.1) is 5.92 Å². The molecule has 2 heteroatoms. The van der Waals surface area contributed by atoms with Crippen LogP contribution in [0.15, 0.2) is 18.2 Å². The molecule has 2 unspecified atom stereocenters. The van der Waals surface area contributed by atoms with E-state index < -0.39 is 0 Å². The van der Waals surface area contributed by atoms with E-state index in [9.17, 15) is 0 Å². The predicted molar refractivity (Wildman–Crippen MR) is 75.2 cm³/mol. The van der Waals surface area contributed by atoms with E-state index in [0.717, 1.165) is 13.2 Å². The summed E-state index contributed by atoms with van der Waals surface area (Å²) < 4.78 is 5.97. The second kappa shape index (κ2) is 3.99. The molecule has 0 spiro atoms. The highest BCUT2D eigenvalue weighted by molar-refractivity contribution is 5.58. The third-order valence-corrected chi connectivity index (χ3v) is 4.33. The van der Waals surface area contributed by atoms with Gasteiger partial charge in [0, 0.05) is 37.4 Å². The molecule has 1 fully saturated rings. The number of anilines is 1. The van der Waals surface area contributed by atoms with E-state index in [1.54, 1.807) is 0 Å². The fraction of sp³-hybridized carbons (Fsp3) is 0.625. The largest absolute Gasteiger partial charge is 0.374 e. The molecule has 2 aliphatic heterocycles. The van der Waals surface area contributed by atoms with Crippen LogP contribution in [0.2, 0.25) is 0 Å². The first-order valence-electron chi connectivity index (χ1n) is 6.94. The number of nitrogens with zero attached hydrogens (tertiary/aromatic N) is 1. The fourth-order valence-corrected chi connectivity index (χ4v) is 3.21. The Morgan fingerprint density at radius 2 is 2.06 bits per heavy atom. The lowest BCUT2D eigenvalue weighted by Crippen LogP contribution is -2.33. The zero-order chi connectivity index (χ0) is 12.9. The summed E-state index contributed by atoms with van der Waals surface area (Å²) in [7, 11) is 2.20. The van der Waals surface area contributed by atoms with E-state index in [2.05, 4.69) is 50.9 Å². The van der Waals surface area contributed by atoms with E-state index in [-0.39, 0.29) is 5.41 Å². The maximum Gasteiger partial charge on any atom is 0.0890 e. The summed E-state index contributed by atoms with van der Waals surface area (Å²) in [5.74, 6) is 0.678. The highest BCUT2D eigenvalue weighted by atomic mass is 16.5. The van der Waals surface area contributed by atoms with E-state index in [1.165, 1.54) is 23.2 Å². The van der Waals surface area contributed by atoms with Crippen LogP contribution in [0.5, 0.6) is 0 Å². The van der Waals surface area contributed by atoms with Crippen LogP contribution < -0.4 is 4.90 Å². The molecule has 0 saturated carbocycles. The van der Waals surface area contributed by atoms with Crippen LogP contribution in [-0.4, -0.2) is 20.2 Å². The topological polar surface area (TPSA) is 12.5 Å². The van der Waals surface area contributed by atoms with Crippen LogP contribution in [0.3, 0.4) is 0 Å². The molecule has 3 rings (SSSR count). The van der Waals surface area contributed by atoms with Crippen LogP contribution >= 0.6 is 0 Å². The Morgan fingerprint density at radius 1 is 1.28 bits per heavy atom. The molecular weight excluding hydrogens is 222 g/mol. The molecule has 0 bridgehead atoms. The standard InChI is InChI=1S/C16H23NO/c1-16(2,3)12-5-6-14-13(9-12)15-11(7-8-18-15)10-17(14)4/h5-6,9,11,15H,7-8,10H2,1-4H3. The summed E-state index contributed by atoms with van der Waals surface area (Å²) >= 11 is 0. The monoisotopic (exact) mass is 245 g/mol. The van der Waals surface area contributed by atoms with Gasteiger partial charge in [0.05, 0.1) is 6.10 Å². The third kappa shape index (κ3) is 1.83. The van der Waals surface area contributed by atoms with Crippen molar-refractivity contribution in [2.24, 2.45) is 5.92 Å². The Kier molecular flexibility index (Phi) is 2.67. The number of hydrogen-bond acceptors (Lipinski definition) is 2. The van der Waals surface area contributed by atoms with E-state index in [1.807, 2.05) is 0 Å². The van der Waals surface area contributed by atoms with Gasteiger partial charge in [-0.3, -0.25) is 0 Å². The first-order chi connectivity index (χ1) is 8.47. The zero-order valence-electron chi connectivity index (χ0n) is 11.9. The van der Waals surface area contributed by atoms with Crippen molar-refractivity contribution in [1.29, 1.82) is 0 Å². The molecule has 1 saturated heterocycles. The Balaban J connectivity index is 2.08. The molecule has 2 nitrogen and oxygen atoms in total. The highest BCUT2D eigenvalue weighted by Crippen LogP contribution is 2.44. The fourth-order valence-electron chi connectivity index (χ4n) is 3.21. The molecule has 0 aliphatic carbocycles. The summed E-state index contributed by atoms with van der Waals surface area (Å²) in [5.41, 5.74) is 4.37. The van der Waals surface area contributed by atoms with Gasteiger partial charge in [-0.05, 0) is 23.5 Å². The number of rotatable bonds is 0. The quantitative estimate of drug-likeness (QED) is 0.693. The minimum atomic E-state index is 0.207. The van der Waals surface area contributed by atoms with Gasteiger partial charge in [0.25, 0.3) is 0 Å². The van der Waals surface area contributed by atoms with Crippen molar-refractivity contribution in [2.45, 2.75) is 38.7 Å². The lowest BCUT2D eigenvalue weighted by atomic mass is 9.82. The molecule has 1 aromatic rings. The second-order valence-corrected chi connectivity index (χ2v) is 6.74. The first kappa shape index (κ1) is 12.0. The van der Waals surface area contributed by atoms with Gasteiger partial charge >= 0.3 is 0 Å². The Morgan fingerprint density at radius 3 is 2.78 bits per heavy atom. The number of hydrogen-bond donors (Lipinski definition) is 0. The van der Waals surface area contributed by atoms with Crippen LogP contribution in [0.1, 0.15) is 44.4 Å². The van der Waals surface area contributed by atoms with Gasteiger partial charge in [0.1, 0.15) is 0 Å². The molecule has 0 N–H and O–H groups in total. The average Bonchev–Trinajstić information content (AvgIpc) is 2.75. The molecule has 2 heterocycles. The maximum absolute atomic E-state index is 5.97. The van der Waals surface area contributed by atoms with Crippen molar-refractivity contribution >= 4 is 5.69 Å². The summed E-state index contributed by atoms with van der Waals surface area (Å²) in [5, 5.41) is 0. The normalized spacial score (nSPS) is 27.0. The summed E-state index contributed by atoms with van der Waals surface area (Å²) in [6.07, 6.45) is 1.53. The van der Waals surface area contributed by atoms with Crippen LogP contribution in [0.4, 0.5) is 5.69 Å². The zero-order valence-corrected chi connectivity index (χ0v) is 11.9. The van der Waals surface area contributed by atoms with Gasteiger partial charge < -0.3 is 9.64 Å². The molecule has 2 atom stereocenters. The van der Waals surface area contributed by atoms with Crippen molar-refractivity contribution in [3.05, 3.63) is 29.3 Å². The average molecular weight is 245 g/mol. The van der Waals surface area contributed by atoms with Crippen molar-refractivity contribution in [3.63, 3.8) is 0 Å². The predicted octanol–water partition coefficient (Wildman–Crippen LogP) is 3.51. The molecular formula is C16H23NO. The highest BCUT2D eigenvalue weighted by Gasteiger charge is 2.37. The SMILES string of the molecule is CN1CC2CCOC2c2cc(C(C)(C)C)ccc21. The number of benzene rings is 1. The minimum absolute atomic E-state index is 0.207. The first-order valence-corrected chi connectivity index (χ1v) is 6.94. The molecule has 98 valence electrons. The van der Waals surface area contributed by atoms with Gasteiger partial charge in [0.15, 0.2) is 0 Å². The van der Waals surface area contributed by atoms with E-state index in [4.69, 9.17) is 4.74 Å². The summed E-state index contributed by atoms with van der Waals surface area (Å²) in [6.45, 7) is 8.87. The van der Waals surface area contributed by atoms with E-state index in [0.29, 0.717) is 12.0 Å². The van der Waals surface area contributed by atoms with Gasteiger partial charge in [-0.2, -0.15) is 0 Å². The Hall–Kier alpha value is -1.02.